The van der Waals surface area contributed by atoms with Crippen molar-refractivity contribution in [2.24, 2.45) is 5.92 Å². The number of hydrogen-bond acceptors (Lipinski definition) is 2. The SMILES string of the molecule is CC(C)C1CCCN1CC(=O)c1ccc(Br)cc1. The van der Waals surface area contributed by atoms with Crippen molar-refractivity contribution in [1.29, 1.82) is 0 Å². The van der Waals surface area contributed by atoms with E-state index in [2.05, 4.69) is 34.7 Å². The van der Waals surface area contributed by atoms with E-state index < -0.39 is 0 Å². The number of rotatable bonds is 4. The molecular weight excluding hydrogens is 290 g/mol. The summed E-state index contributed by atoms with van der Waals surface area (Å²) in [6.45, 7) is 6.11. The Morgan fingerprint density at radius 3 is 2.67 bits per heavy atom. The van der Waals surface area contributed by atoms with Crippen molar-refractivity contribution in [3.63, 3.8) is 0 Å². The smallest absolute Gasteiger partial charge is 0.176 e. The average molecular weight is 310 g/mol. The maximum Gasteiger partial charge on any atom is 0.176 e. The molecule has 0 N–H and O–H groups in total. The third kappa shape index (κ3) is 3.21. The fourth-order valence-electron chi connectivity index (χ4n) is 2.71. The molecule has 1 aromatic rings. The van der Waals surface area contributed by atoms with Crippen LogP contribution in [0.2, 0.25) is 0 Å². The van der Waals surface area contributed by atoms with E-state index in [4.69, 9.17) is 0 Å². The topological polar surface area (TPSA) is 20.3 Å². The third-order valence-corrected chi connectivity index (χ3v) is 4.23. The lowest BCUT2D eigenvalue weighted by molar-refractivity contribution is 0.0904. The van der Waals surface area contributed by atoms with Crippen LogP contribution < -0.4 is 0 Å². The standard InChI is InChI=1S/C15H20BrNO/c1-11(2)14-4-3-9-17(14)10-15(18)12-5-7-13(16)8-6-12/h5-8,11,14H,3-4,9-10H2,1-2H3. The van der Waals surface area contributed by atoms with E-state index >= 15 is 0 Å². The maximum atomic E-state index is 12.2. The molecule has 0 radical (unpaired) electrons. The number of ketones is 1. The van der Waals surface area contributed by atoms with Crippen molar-refractivity contribution in [3.05, 3.63) is 34.3 Å². The minimum atomic E-state index is 0.232. The second-order valence-corrected chi connectivity index (χ2v) is 6.27. The Bertz CT molecular complexity index is 413. The molecule has 1 aliphatic rings. The van der Waals surface area contributed by atoms with E-state index in [0.717, 1.165) is 16.6 Å². The van der Waals surface area contributed by atoms with Crippen LogP contribution in [0.1, 0.15) is 37.0 Å². The van der Waals surface area contributed by atoms with Crippen molar-refractivity contribution in [3.8, 4) is 0 Å². The number of Topliss-reactive ketones (excluding diaryl/α,β-unsaturated/α-hetero) is 1. The van der Waals surface area contributed by atoms with Crippen LogP contribution in [0.4, 0.5) is 0 Å². The summed E-state index contributed by atoms with van der Waals surface area (Å²) in [5.41, 5.74) is 0.813. The zero-order valence-corrected chi connectivity index (χ0v) is 12.6. The van der Waals surface area contributed by atoms with Crippen LogP contribution in [0.25, 0.3) is 0 Å². The van der Waals surface area contributed by atoms with Crippen LogP contribution >= 0.6 is 15.9 Å². The molecule has 1 heterocycles. The van der Waals surface area contributed by atoms with Gasteiger partial charge in [0.2, 0.25) is 0 Å². The lowest BCUT2D eigenvalue weighted by atomic mass is 10.0. The van der Waals surface area contributed by atoms with Gasteiger partial charge in [-0.15, -0.1) is 0 Å². The summed E-state index contributed by atoms with van der Waals surface area (Å²) in [4.78, 5) is 14.6. The minimum Gasteiger partial charge on any atom is -0.293 e. The van der Waals surface area contributed by atoms with E-state index in [0.29, 0.717) is 18.5 Å². The van der Waals surface area contributed by atoms with Crippen LogP contribution in [0.3, 0.4) is 0 Å². The van der Waals surface area contributed by atoms with Gasteiger partial charge in [0, 0.05) is 16.1 Å². The number of benzene rings is 1. The Morgan fingerprint density at radius 2 is 2.06 bits per heavy atom. The molecule has 1 aromatic carbocycles. The number of carbonyl (C=O) groups excluding carboxylic acids is 1. The highest BCUT2D eigenvalue weighted by Gasteiger charge is 2.28. The van der Waals surface area contributed by atoms with Gasteiger partial charge in [-0.05, 0) is 37.4 Å². The molecular formula is C15H20BrNO. The monoisotopic (exact) mass is 309 g/mol. The third-order valence-electron chi connectivity index (χ3n) is 3.70. The second-order valence-electron chi connectivity index (χ2n) is 5.35. The molecule has 2 nitrogen and oxygen atoms in total. The van der Waals surface area contributed by atoms with Gasteiger partial charge in [-0.3, -0.25) is 9.69 Å². The molecule has 3 heteroatoms. The molecule has 98 valence electrons. The second kappa shape index (κ2) is 5.98. The van der Waals surface area contributed by atoms with Crippen molar-refractivity contribution in [2.75, 3.05) is 13.1 Å². The number of halogens is 1. The first kappa shape index (κ1) is 13.8. The Kier molecular flexibility index (Phi) is 4.57. The van der Waals surface area contributed by atoms with Crippen LogP contribution in [0, 0.1) is 5.92 Å². The van der Waals surface area contributed by atoms with E-state index in [-0.39, 0.29) is 5.78 Å². The first-order chi connectivity index (χ1) is 8.58. The largest absolute Gasteiger partial charge is 0.293 e. The van der Waals surface area contributed by atoms with Gasteiger partial charge in [0.25, 0.3) is 0 Å². The maximum absolute atomic E-state index is 12.2. The van der Waals surface area contributed by atoms with E-state index in [1.54, 1.807) is 0 Å². The highest BCUT2D eigenvalue weighted by molar-refractivity contribution is 9.10. The van der Waals surface area contributed by atoms with Gasteiger partial charge in [0.15, 0.2) is 5.78 Å². The molecule has 0 bridgehead atoms. The van der Waals surface area contributed by atoms with Crippen molar-refractivity contribution < 1.29 is 4.79 Å². The predicted molar refractivity (Wildman–Crippen MR) is 77.9 cm³/mol. The fraction of sp³-hybridized carbons (Fsp3) is 0.533. The fourth-order valence-corrected chi connectivity index (χ4v) is 2.98. The molecule has 0 aromatic heterocycles. The molecule has 0 saturated carbocycles. The Labute approximate surface area is 117 Å². The van der Waals surface area contributed by atoms with Gasteiger partial charge in [0.05, 0.1) is 6.54 Å². The normalized spacial score (nSPS) is 20.6. The quantitative estimate of drug-likeness (QED) is 0.789. The number of nitrogens with zero attached hydrogens (tertiary/aromatic N) is 1. The van der Waals surface area contributed by atoms with Gasteiger partial charge < -0.3 is 0 Å². The summed E-state index contributed by atoms with van der Waals surface area (Å²) in [5, 5.41) is 0. The first-order valence-electron chi connectivity index (χ1n) is 6.60. The average Bonchev–Trinajstić information content (AvgIpc) is 2.78. The van der Waals surface area contributed by atoms with Gasteiger partial charge in [-0.2, -0.15) is 0 Å². The van der Waals surface area contributed by atoms with Crippen LogP contribution in [0.5, 0.6) is 0 Å². The number of hydrogen-bond donors (Lipinski definition) is 0. The predicted octanol–water partition coefficient (Wildman–Crippen LogP) is 3.75. The van der Waals surface area contributed by atoms with Gasteiger partial charge in [-0.1, -0.05) is 41.9 Å². The molecule has 1 aliphatic heterocycles. The van der Waals surface area contributed by atoms with Crippen molar-refractivity contribution in [2.45, 2.75) is 32.7 Å². The molecule has 0 amide bonds. The Balaban J connectivity index is 2.01. The summed E-state index contributed by atoms with van der Waals surface area (Å²) >= 11 is 3.39. The number of likely N-dealkylation sites (tertiary alicyclic amines) is 1. The van der Waals surface area contributed by atoms with Crippen molar-refractivity contribution in [1.82, 2.24) is 4.90 Å². The molecule has 2 rings (SSSR count). The van der Waals surface area contributed by atoms with Crippen molar-refractivity contribution >= 4 is 21.7 Å². The lowest BCUT2D eigenvalue weighted by Gasteiger charge is -2.26. The van der Waals surface area contributed by atoms with Crippen LogP contribution in [0.15, 0.2) is 28.7 Å². The Hall–Kier alpha value is -0.670. The van der Waals surface area contributed by atoms with Gasteiger partial charge in [0.1, 0.15) is 0 Å². The van der Waals surface area contributed by atoms with Gasteiger partial charge >= 0.3 is 0 Å². The summed E-state index contributed by atoms with van der Waals surface area (Å²) in [6, 6.07) is 8.22. The molecule has 0 aliphatic carbocycles. The highest BCUT2D eigenvalue weighted by Crippen LogP contribution is 2.24. The molecule has 18 heavy (non-hydrogen) atoms. The highest BCUT2D eigenvalue weighted by atomic mass is 79.9. The molecule has 1 saturated heterocycles. The molecule has 0 spiro atoms. The summed E-state index contributed by atoms with van der Waals surface area (Å²) < 4.78 is 1.01. The molecule has 1 unspecified atom stereocenters. The lowest BCUT2D eigenvalue weighted by Crippen LogP contribution is -2.37. The first-order valence-corrected chi connectivity index (χ1v) is 7.40. The van der Waals surface area contributed by atoms with Crippen LogP contribution in [-0.4, -0.2) is 29.8 Å². The summed E-state index contributed by atoms with van der Waals surface area (Å²) in [7, 11) is 0. The molecule has 1 atom stereocenters. The zero-order chi connectivity index (χ0) is 13.1. The number of carbonyl (C=O) groups is 1. The summed E-state index contributed by atoms with van der Waals surface area (Å²) in [5.74, 6) is 0.861. The van der Waals surface area contributed by atoms with E-state index in [1.807, 2.05) is 24.3 Å². The summed E-state index contributed by atoms with van der Waals surface area (Å²) in [6.07, 6.45) is 2.45. The minimum absolute atomic E-state index is 0.232. The van der Waals surface area contributed by atoms with E-state index in [1.165, 1.54) is 12.8 Å². The van der Waals surface area contributed by atoms with Gasteiger partial charge in [-0.25, -0.2) is 0 Å². The zero-order valence-electron chi connectivity index (χ0n) is 11.0. The van der Waals surface area contributed by atoms with E-state index in [9.17, 15) is 4.79 Å². The Morgan fingerprint density at radius 1 is 1.39 bits per heavy atom. The van der Waals surface area contributed by atoms with Crippen LogP contribution in [-0.2, 0) is 0 Å². The molecule has 1 fully saturated rings.